The molecule has 2 aromatic carbocycles. The number of rotatable bonds is 5. The number of carbonyl (C=O) groups is 3. The van der Waals surface area contributed by atoms with E-state index in [1.165, 1.54) is 32.2 Å². The largest absolute Gasteiger partial charge is 0.399 e. The Hall–Kier alpha value is -4.12. The zero-order valence-electron chi connectivity index (χ0n) is 15.4. The van der Waals surface area contributed by atoms with Gasteiger partial charge in [-0.25, -0.2) is 4.90 Å². The number of nitrogens with zero attached hydrogens (tertiary/aromatic N) is 2. The SMILES string of the molecule is CC(=O)Nc1ccc(N/C=C(/C#N)C(=O)N(C(C)=O)c2ccc(N)cc2)cc1. The van der Waals surface area contributed by atoms with Crippen molar-refractivity contribution >= 4 is 40.5 Å². The number of nitrogens with two attached hydrogens (primary N) is 1. The van der Waals surface area contributed by atoms with Crippen LogP contribution < -0.4 is 21.3 Å². The van der Waals surface area contributed by atoms with E-state index < -0.39 is 11.8 Å². The van der Waals surface area contributed by atoms with E-state index in [1.54, 1.807) is 42.5 Å². The Morgan fingerprint density at radius 2 is 1.57 bits per heavy atom. The second-order valence-electron chi connectivity index (χ2n) is 5.82. The van der Waals surface area contributed by atoms with Crippen molar-refractivity contribution in [1.82, 2.24) is 0 Å². The molecule has 2 aromatic rings. The van der Waals surface area contributed by atoms with Gasteiger partial charge in [-0.2, -0.15) is 5.26 Å². The normalized spacial score (nSPS) is 10.5. The van der Waals surface area contributed by atoms with Crippen LogP contribution in [0.1, 0.15) is 13.8 Å². The lowest BCUT2D eigenvalue weighted by molar-refractivity contribution is -0.123. The summed E-state index contributed by atoms with van der Waals surface area (Å²) in [4.78, 5) is 36.6. The quantitative estimate of drug-likeness (QED) is 0.417. The minimum absolute atomic E-state index is 0.190. The van der Waals surface area contributed by atoms with Crippen LogP contribution in [-0.2, 0) is 14.4 Å². The van der Waals surface area contributed by atoms with Crippen LogP contribution in [0.15, 0.2) is 60.3 Å². The Morgan fingerprint density at radius 1 is 1.00 bits per heavy atom. The third-order valence-electron chi connectivity index (χ3n) is 3.61. The summed E-state index contributed by atoms with van der Waals surface area (Å²) in [5.41, 5.74) is 7.39. The molecule has 8 heteroatoms. The highest BCUT2D eigenvalue weighted by molar-refractivity contribution is 6.21. The lowest BCUT2D eigenvalue weighted by Crippen LogP contribution is -2.36. The Morgan fingerprint density at radius 3 is 2.07 bits per heavy atom. The van der Waals surface area contributed by atoms with Gasteiger partial charge in [0.15, 0.2) is 0 Å². The van der Waals surface area contributed by atoms with Crippen LogP contribution in [0.25, 0.3) is 0 Å². The number of nitrogens with one attached hydrogen (secondary N) is 2. The first-order chi connectivity index (χ1) is 13.3. The lowest BCUT2D eigenvalue weighted by atomic mass is 10.2. The Labute approximate surface area is 162 Å². The van der Waals surface area contributed by atoms with E-state index in [0.717, 1.165) is 4.90 Å². The number of amides is 3. The van der Waals surface area contributed by atoms with Crippen LogP contribution >= 0.6 is 0 Å². The zero-order chi connectivity index (χ0) is 20.7. The third kappa shape index (κ3) is 5.19. The van der Waals surface area contributed by atoms with Crippen molar-refractivity contribution in [3.05, 3.63) is 60.3 Å². The molecule has 0 bridgehead atoms. The molecule has 0 aliphatic carbocycles. The van der Waals surface area contributed by atoms with E-state index in [-0.39, 0.29) is 11.5 Å². The molecule has 142 valence electrons. The molecule has 28 heavy (non-hydrogen) atoms. The predicted octanol–water partition coefficient (Wildman–Crippen LogP) is 2.63. The zero-order valence-corrected chi connectivity index (χ0v) is 15.4. The summed E-state index contributed by atoms with van der Waals surface area (Å²) < 4.78 is 0. The van der Waals surface area contributed by atoms with E-state index in [2.05, 4.69) is 10.6 Å². The molecule has 0 aromatic heterocycles. The monoisotopic (exact) mass is 377 g/mol. The smallest absolute Gasteiger partial charge is 0.277 e. The maximum Gasteiger partial charge on any atom is 0.277 e. The summed E-state index contributed by atoms with van der Waals surface area (Å²) in [6.45, 7) is 2.64. The van der Waals surface area contributed by atoms with Crippen LogP contribution in [0.3, 0.4) is 0 Å². The van der Waals surface area contributed by atoms with Crippen LogP contribution in [0.2, 0.25) is 0 Å². The van der Waals surface area contributed by atoms with Gasteiger partial charge in [-0.15, -0.1) is 0 Å². The minimum Gasteiger partial charge on any atom is -0.399 e. The molecule has 0 spiro atoms. The Balaban J connectivity index is 2.21. The second kappa shape index (κ2) is 9.00. The van der Waals surface area contributed by atoms with Crippen LogP contribution in [0.5, 0.6) is 0 Å². The summed E-state index contributed by atoms with van der Waals surface area (Å²) >= 11 is 0. The highest BCUT2D eigenvalue weighted by Gasteiger charge is 2.23. The molecule has 0 aliphatic rings. The van der Waals surface area contributed by atoms with Crippen molar-refractivity contribution in [3.63, 3.8) is 0 Å². The predicted molar refractivity (Wildman–Crippen MR) is 107 cm³/mol. The number of hydrogen-bond donors (Lipinski definition) is 3. The fraction of sp³-hybridized carbons (Fsp3) is 0.100. The first kappa shape index (κ1) is 20.2. The topological polar surface area (TPSA) is 128 Å². The number of imide groups is 1. The number of nitrogen functional groups attached to an aromatic ring is 1. The van der Waals surface area contributed by atoms with Gasteiger partial charge in [-0.05, 0) is 48.5 Å². The molecule has 8 nitrogen and oxygen atoms in total. The van der Waals surface area contributed by atoms with Gasteiger partial charge in [-0.1, -0.05) is 0 Å². The van der Waals surface area contributed by atoms with Gasteiger partial charge in [0, 0.05) is 37.1 Å². The van der Waals surface area contributed by atoms with Crippen LogP contribution in [0.4, 0.5) is 22.7 Å². The molecule has 0 unspecified atom stereocenters. The van der Waals surface area contributed by atoms with E-state index >= 15 is 0 Å². The maximum absolute atomic E-state index is 12.7. The summed E-state index contributed by atoms with van der Waals surface area (Å²) in [6, 6.07) is 14.6. The molecular formula is C20H19N5O3. The average molecular weight is 377 g/mol. The minimum atomic E-state index is -0.762. The highest BCUT2D eigenvalue weighted by Crippen LogP contribution is 2.19. The fourth-order valence-corrected chi connectivity index (χ4v) is 2.34. The lowest BCUT2D eigenvalue weighted by Gasteiger charge is -2.19. The summed E-state index contributed by atoms with van der Waals surface area (Å²) in [6.07, 6.45) is 1.23. The van der Waals surface area contributed by atoms with Gasteiger partial charge in [0.25, 0.3) is 5.91 Å². The third-order valence-corrected chi connectivity index (χ3v) is 3.61. The molecule has 2 rings (SSSR count). The van der Waals surface area contributed by atoms with Crippen molar-refractivity contribution < 1.29 is 14.4 Å². The number of anilines is 4. The Kier molecular flexibility index (Phi) is 6.49. The van der Waals surface area contributed by atoms with E-state index in [9.17, 15) is 19.6 Å². The summed E-state index contributed by atoms with van der Waals surface area (Å²) in [5.74, 6) is -1.48. The van der Waals surface area contributed by atoms with Crippen molar-refractivity contribution in [3.8, 4) is 6.07 Å². The second-order valence-corrected chi connectivity index (χ2v) is 5.82. The molecule has 0 aliphatic heterocycles. The molecule has 3 amide bonds. The van der Waals surface area contributed by atoms with Gasteiger partial charge < -0.3 is 16.4 Å². The molecular weight excluding hydrogens is 358 g/mol. The van der Waals surface area contributed by atoms with Crippen molar-refractivity contribution in [2.24, 2.45) is 0 Å². The molecule has 0 saturated heterocycles. The van der Waals surface area contributed by atoms with Gasteiger partial charge in [0.05, 0.1) is 5.69 Å². The maximum atomic E-state index is 12.7. The summed E-state index contributed by atoms with van der Waals surface area (Å²) in [7, 11) is 0. The molecule has 0 atom stereocenters. The van der Waals surface area contributed by atoms with Crippen molar-refractivity contribution in [2.75, 3.05) is 21.3 Å². The van der Waals surface area contributed by atoms with Crippen molar-refractivity contribution in [2.45, 2.75) is 13.8 Å². The fourth-order valence-electron chi connectivity index (χ4n) is 2.34. The van der Waals surface area contributed by atoms with Crippen LogP contribution in [0, 0.1) is 11.3 Å². The number of benzene rings is 2. The van der Waals surface area contributed by atoms with E-state index in [0.29, 0.717) is 22.7 Å². The Bertz CT molecular complexity index is 957. The van der Waals surface area contributed by atoms with Crippen molar-refractivity contribution in [1.29, 1.82) is 5.26 Å². The molecule has 4 N–H and O–H groups in total. The summed E-state index contributed by atoms with van der Waals surface area (Å²) in [5, 5.41) is 14.8. The standard InChI is InChI=1S/C20H19N5O3/c1-13(26)24-18-7-5-17(6-8-18)23-12-15(11-21)20(28)25(14(2)27)19-9-3-16(22)4-10-19/h3-10,12,23H,22H2,1-2H3,(H,24,26)/b15-12-. The average Bonchev–Trinajstić information content (AvgIpc) is 2.64. The first-order valence-electron chi connectivity index (χ1n) is 8.27. The van der Waals surface area contributed by atoms with Gasteiger partial charge in [0.2, 0.25) is 11.8 Å². The highest BCUT2D eigenvalue weighted by atomic mass is 16.2. The molecule has 0 radical (unpaired) electrons. The van der Waals surface area contributed by atoms with Gasteiger partial charge >= 0.3 is 0 Å². The van der Waals surface area contributed by atoms with Gasteiger partial charge in [0.1, 0.15) is 11.6 Å². The molecule has 0 heterocycles. The number of nitriles is 1. The number of hydrogen-bond acceptors (Lipinski definition) is 6. The van der Waals surface area contributed by atoms with E-state index in [4.69, 9.17) is 5.73 Å². The van der Waals surface area contributed by atoms with E-state index in [1.807, 2.05) is 0 Å². The molecule has 0 saturated carbocycles. The first-order valence-corrected chi connectivity index (χ1v) is 8.27. The molecule has 0 fully saturated rings. The number of carbonyl (C=O) groups excluding carboxylic acids is 3. The van der Waals surface area contributed by atoms with Crippen LogP contribution in [-0.4, -0.2) is 17.7 Å². The van der Waals surface area contributed by atoms with Gasteiger partial charge in [-0.3, -0.25) is 14.4 Å².